The SMILES string of the molecule is COc1cc(-c2cccc(C(=O)NCCCn3cc(C)cn3)c2)nc(N)n1. The summed E-state index contributed by atoms with van der Waals surface area (Å²) in [6, 6.07) is 8.88. The summed E-state index contributed by atoms with van der Waals surface area (Å²) >= 11 is 0. The molecule has 0 saturated heterocycles. The van der Waals surface area contributed by atoms with Gasteiger partial charge in [-0.15, -0.1) is 0 Å². The van der Waals surface area contributed by atoms with E-state index in [1.165, 1.54) is 7.11 Å². The Morgan fingerprint density at radius 2 is 2.15 bits per heavy atom. The second-order valence-corrected chi connectivity index (χ2v) is 6.12. The van der Waals surface area contributed by atoms with E-state index in [9.17, 15) is 4.79 Å². The number of methoxy groups -OCH3 is 1. The fraction of sp³-hybridized carbons (Fsp3) is 0.263. The molecule has 3 aromatic rings. The summed E-state index contributed by atoms with van der Waals surface area (Å²) in [6.45, 7) is 3.32. The molecule has 0 radical (unpaired) electrons. The molecule has 0 spiro atoms. The van der Waals surface area contributed by atoms with Crippen molar-refractivity contribution in [3.8, 4) is 17.1 Å². The molecule has 1 aromatic carbocycles. The zero-order valence-electron chi connectivity index (χ0n) is 15.3. The molecule has 3 N–H and O–H groups in total. The maximum absolute atomic E-state index is 12.4. The second-order valence-electron chi connectivity index (χ2n) is 6.12. The summed E-state index contributed by atoms with van der Waals surface area (Å²) in [5.41, 5.74) is 8.76. The first kappa shape index (κ1) is 18.4. The molecule has 2 aromatic heterocycles. The van der Waals surface area contributed by atoms with Gasteiger partial charge in [-0.2, -0.15) is 10.1 Å². The number of nitrogen functional groups attached to an aromatic ring is 1. The molecule has 0 unspecified atom stereocenters. The number of hydrogen-bond acceptors (Lipinski definition) is 6. The van der Waals surface area contributed by atoms with E-state index in [2.05, 4.69) is 20.4 Å². The van der Waals surface area contributed by atoms with E-state index < -0.39 is 0 Å². The van der Waals surface area contributed by atoms with Crippen LogP contribution in [0.4, 0.5) is 5.95 Å². The van der Waals surface area contributed by atoms with Crippen LogP contribution < -0.4 is 15.8 Å². The van der Waals surface area contributed by atoms with E-state index in [0.717, 1.165) is 24.1 Å². The minimum atomic E-state index is -0.137. The van der Waals surface area contributed by atoms with Gasteiger partial charge in [-0.3, -0.25) is 9.48 Å². The quantitative estimate of drug-likeness (QED) is 0.620. The van der Waals surface area contributed by atoms with Gasteiger partial charge in [0.25, 0.3) is 5.91 Å². The minimum absolute atomic E-state index is 0.119. The van der Waals surface area contributed by atoms with Gasteiger partial charge >= 0.3 is 0 Å². The van der Waals surface area contributed by atoms with Crippen LogP contribution in [0.1, 0.15) is 22.3 Å². The molecule has 0 atom stereocenters. The van der Waals surface area contributed by atoms with E-state index in [1.807, 2.05) is 36.1 Å². The fourth-order valence-corrected chi connectivity index (χ4v) is 2.65. The van der Waals surface area contributed by atoms with E-state index in [1.54, 1.807) is 18.2 Å². The number of aromatic nitrogens is 4. The molecule has 27 heavy (non-hydrogen) atoms. The summed E-state index contributed by atoms with van der Waals surface area (Å²) < 4.78 is 6.99. The molecular weight excluding hydrogens is 344 g/mol. The van der Waals surface area contributed by atoms with E-state index in [0.29, 0.717) is 23.7 Å². The topological polar surface area (TPSA) is 108 Å². The van der Waals surface area contributed by atoms with Gasteiger partial charge in [0, 0.05) is 36.5 Å². The largest absolute Gasteiger partial charge is 0.481 e. The third-order valence-electron chi connectivity index (χ3n) is 3.96. The first-order chi connectivity index (χ1) is 13.0. The lowest BCUT2D eigenvalue weighted by molar-refractivity contribution is 0.0952. The van der Waals surface area contributed by atoms with Gasteiger partial charge in [-0.25, -0.2) is 4.98 Å². The van der Waals surface area contributed by atoms with Crippen molar-refractivity contribution in [3.05, 3.63) is 53.9 Å². The third-order valence-corrected chi connectivity index (χ3v) is 3.96. The zero-order chi connectivity index (χ0) is 19.2. The molecule has 8 heteroatoms. The highest BCUT2D eigenvalue weighted by molar-refractivity contribution is 5.95. The van der Waals surface area contributed by atoms with Crippen LogP contribution in [0, 0.1) is 6.92 Å². The predicted octanol–water partition coefficient (Wildman–Crippen LogP) is 2.06. The van der Waals surface area contributed by atoms with E-state index in [4.69, 9.17) is 10.5 Å². The van der Waals surface area contributed by atoms with Crippen molar-refractivity contribution >= 4 is 11.9 Å². The molecule has 0 fully saturated rings. The van der Waals surface area contributed by atoms with Crippen LogP contribution in [0.2, 0.25) is 0 Å². The predicted molar refractivity (Wildman–Crippen MR) is 102 cm³/mol. The number of ether oxygens (including phenoxy) is 1. The fourth-order valence-electron chi connectivity index (χ4n) is 2.65. The van der Waals surface area contributed by atoms with Gasteiger partial charge in [0.15, 0.2) is 0 Å². The number of carbonyl (C=O) groups is 1. The number of nitrogens with two attached hydrogens (primary N) is 1. The number of benzene rings is 1. The van der Waals surface area contributed by atoms with Gasteiger partial charge in [0.2, 0.25) is 11.8 Å². The maximum atomic E-state index is 12.4. The Bertz CT molecular complexity index is 937. The number of amides is 1. The van der Waals surface area contributed by atoms with Crippen molar-refractivity contribution in [1.29, 1.82) is 0 Å². The van der Waals surface area contributed by atoms with E-state index in [-0.39, 0.29) is 11.9 Å². The molecule has 3 rings (SSSR count). The van der Waals surface area contributed by atoms with Crippen LogP contribution in [0.15, 0.2) is 42.7 Å². The van der Waals surface area contributed by atoms with Gasteiger partial charge < -0.3 is 15.8 Å². The zero-order valence-corrected chi connectivity index (χ0v) is 15.3. The van der Waals surface area contributed by atoms with Crippen LogP contribution in [0.5, 0.6) is 5.88 Å². The summed E-state index contributed by atoms with van der Waals surface area (Å²) in [5, 5.41) is 7.15. The molecule has 140 valence electrons. The highest BCUT2D eigenvalue weighted by Gasteiger charge is 2.10. The van der Waals surface area contributed by atoms with Gasteiger partial charge in [-0.05, 0) is 31.0 Å². The van der Waals surface area contributed by atoms with Crippen LogP contribution in [-0.2, 0) is 6.54 Å². The Hall–Kier alpha value is -3.42. The number of anilines is 1. The number of nitrogens with one attached hydrogen (secondary N) is 1. The normalized spacial score (nSPS) is 10.6. The number of aryl methyl sites for hydroxylation is 2. The number of rotatable bonds is 7. The number of carbonyl (C=O) groups excluding carboxylic acids is 1. The second kappa shape index (κ2) is 8.31. The standard InChI is InChI=1S/C19H22N6O2/c1-13-11-22-25(12-13)8-4-7-21-18(26)15-6-3-5-14(9-15)16-10-17(27-2)24-19(20)23-16/h3,5-6,9-12H,4,7-8H2,1-2H3,(H,21,26)(H2,20,23,24). The maximum Gasteiger partial charge on any atom is 0.251 e. The molecule has 1 amide bonds. The van der Waals surface area contributed by atoms with Crippen LogP contribution in [0.3, 0.4) is 0 Å². The van der Waals surface area contributed by atoms with Crippen LogP contribution >= 0.6 is 0 Å². The van der Waals surface area contributed by atoms with Crippen LogP contribution in [-0.4, -0.2) is 39.3 Å². The molecule has 0 aliphatic carbocycles. The average Bonchev–Trinajstić information content (AvgIpc) is 3.09. The highest BCUT2D eigenvalue weighted by atomic mass is 16.5. The summed E-state index contributed by atoms with van der Waals surface area (Å²) in [7, 11) is 1.51. The number of nitrogens with zero attached hydrogens (tertiary/aromatic N) is 4. The Kier molecular flexibility index (Phi) is 5.65. The lowest BCUT2D eigenvalue weighted by atomic mass is 10.1. The number of hydrogen-bond donors (Lipinski definition) is 2. The molecule has 2 heterocycles. The Balaban J connectivity index is 1.62. The third kappa shape index (κ3) is 4.81. The molecule has 0 saturated carbocycles. The molecular formula is C19H22N6O2. The summed E-state index contributed by atoms with van der Waals surface area (Å²) in [4.78, 5) is 20.6. The van der Waals surface area contributed by atoms with E-state index >= 15 is 0 Å². The molecule has 8 nitrogen and oxygen atoms in total. The Morgan fingerprint density at radius 3 is 2.89 bits per heavy atom. The van der Waals surface area contributed by atoms with Crippen molar-refractivity contribution < 1.29 is 9.53 Å². The van der Waals surface area contributed by atoms with Crippen molar-refractivity contribution in [2.45, 2.75) is 19.9 Å². The lowest BCUT2D eigenvalue weighted by Gasteiger charge is -2.08. The van der Waals surface area contributed by atoms with Crippen LogP contribution in [0.25, 0.3) is 11.3 Å². The first-order valence-electron chi connectivity index (χ1n) is 8.61. The average molecular weight is 366 g/mol. The smallest absolute Gasteiger partial charge is 0.251 e. The minimum Gasteiger partial charge on any atom is -0.481 e. The summed E-state index contributed by atoms with van der Waals surface area (Å²) in [6.07, 6.45) is 4.60. The van der Waals surface area contributed by atoms with Crippen molar-refractivity contribution in [1.82, 2.24) is 25.1 Å². The Labute approximate surface area is 157 Å². The van der Waals surface area contributed by atoms with Gasteiger partial charge in [0.1, 0.15) is 0 Å². The monoisotopic (exact) mass is 366 g/mol. The lowest BCUT2D eigenvalue weighted by Crippen LogP contribution is -2.25. The highest BCUT2D eigenvalue weighted by Crippen LogP contribution is 2.22. The van der Waals surface area contributed by atoms with Crippen molar-refractivity contribution in [3.63, 3.8) is 0 Å². The molecule has 0 aliphatic rings. The van der Waals surface area contributed by atoms with Gasteiger partial charge in [0.05, 0.1) is 19.0 Å². The summed E-state index contributed by atoms with van der Waals surface area (Å²) in [5.74, 6) is 0.358. The van der Waals surface area contributed by atoms with Crippen molar-refractivity contribution in [2.24, 2.45) is 0 Å². The molecule has 0 bridgehead atoms. The van der Waals surface area contributed by atoms with Gasteiger partial charge in [-0.1, -0.05) is 12.1 Å². The van der Waals surface area contributed by atoms with Crippen molar-refractivity contribution in [2.75, 3.05) is 19.4 Å². The Morgan fingerprint density at radius 1 is 1.30 bits per heavy atom. The molecule has 0 aliphatic heterocycles. The first-order valence-corrected chi connectivity index (χ1v) is 8.61.